The van der Waals surface area contributed by atoms with Crippen molar-refractivity contribution in [2.75, 3.05) is 31.2 Å². The van der Waals surface area contributed by atoms with Crippen LogP contribution in [0.1, 0.15) is 5.56 Å². The summed E-state index contributed by atoms with van der Waals surface area (Å²) in [6, 6.07) is 12.2. The second-order valence-corrected chi connectivity index (χ2v) is 8.90. The maximum absolute atomic E-state index is 13.4. The number of rotatable bonds is 3. The molecule has 2 heterocycles. The van der Waals surface area contributed by atoms with Crippen molar-refractivity contribution in [1.82, 2.24) is 4.98 Å². The Morgan fingerprint density at radius 2 is 1.78 bits per heavy atom. The molecule has 0 atom stereocenters. The molecule has 4 rings (SSSR count). The number of pyridine rings is 1. The first-order valence-electron chi connectivity index (χ1n) is 8.69. The van der Waals surface area contributed by atoms with Gasteiger partial charge in [0.2, 0.25) is 9.84 Å². The van der Waals surface area contributed by atoms with Crippen LogP contribution >= 0.6 is 11.6 Å². The molecule has 0 radical (unpaired) electrons. The van der Waals surface area contributed by atoms with Crippen molar-refractivity contribution in [2.24, 2.45) is 0 Å². The summed E-state index contributed by atoms with van der Waals surface area (Å²) in [6.07, 6.45) is 1.44. The van der Waals surface area contributed by atoms with Crippen molar-refractivity contribution in [3.05, 3.63) is 59.2 Å². The lowest BCUT2D eigenvalue weighted by molar-refractivity contribution is 0.122. The van der Waals surface area contributed by atoms with Crippen LogP contribution < -0.4 is 4.90 Å². The van der Waals surface area contributed by atoms with E-state index in [0.717, 1.165) is 10.9 Å². The number of morpholine rings is 1. The molecule has 27 heavy (non-hydrogen) atoms. The topological polar surface area (TPSA) is 59.5 Å². The van der Waals surface area contributed by atoms with E-state index < -0.39 is 9.84 Å². The molecule has 0 unspecified atom stereocenters. The number of fused-ring (bicyclic) bond motifs is 1. The predicted molar refractivity (Wildman–Crippen MR) is 106 cm³/mol. The van der Waals surface area contributed by atoms with Crippen molar-refractivity contribution in [3.63, 3.8) is 0 Å². The molecule has 3 aromatic rings. The first kappa shape index (κ1) is 18.2. The molecule has 0 bridgehead atoms. The number of aryl methyl sites for hydroxylation is 1. The number of nitrogens with zero attached hydrogens (tertiary/aromatic N) is 2. The minimum absolute atomic E-state index is 0.211. The van der Waals surface area contributed by atoms with Gasteiger partial charge in [-0.1, -0.05) is 29.3 Å². The molecule has 2 aromatic carbocycles. The summed E-state index contributed by atoms with van der Waals surface area (Å²) in [4.78, 5) is 6.92. The molecular formula is C20H19ClN2O3S. The minimum Gasteiger partial charge on any atom is -0.378 e. The third-order valence-corrected chi connectivity index (χ3v) is 6.72. The van der Waals surface area contributed by atoms with Crippen LogP contribution in [-0.4, -0.2) is 39.7 Å². The third-order valence-electron chi connectivity index (χ3n) is 4.72. The molecule has 1 aliphatic rings. The summed E-state index contributed by atoms with van der Waals surface area (Å²) in [7, 11) is -3.72. The van der Waals surface area contributed by atoms with Gasteiger partial charge in [-0.25, -0.2) is 8.42 Å². The highest BCUT2D eigenvalue weighted by atomic mass is 35.5. The molecule has 0 aliphatic carbocycles. The Bertz CT molecular complexity index is 1090. The van der Waals surface area contributed by atoms with Gasteiger partial charge in [-0.2, -0.15) is 0 Å². The summed E-state index contributed by atoms with van der Waals surface area (Å²) in [5, 5.41) is 1.34. The Morgan fingerprint density at radius 3 is 2.48 bits per heavy atom. The maximum atomic E-state index is 13.4. The third kappa shape index (κ3) is 3.40. The standard InChI is InChI=1S/C20H19ClN2O3S/c1-14-2-5-16(6-3-14)27(24,25)19-13-22-18-12-15(21)4-7-17(18)20(19)23-8-10-26-11-9-23/h2-7,12-13H,8-11H2,1H3. The molecule has 0 spiro atoms. The average Bonchev–Trinajstić information content (AvgIpc) is 2.68. The Morgan fingerprint density at radius 1 is 1.07 bits per heavy atom. The van der Waals surface area contributed by atoms with Gasteiger partial charge in [-0.3, -0.25) is 4.98 Å². The fraction of sp³-hybridized carbons (Fsp3) is 0.250. The molecule has 0 amide bonds. The smallest absolute Gasteiger partial charge is 0.210 e. The number of hydrogen-bond donors (Lipinski definition) is 0. The second kappa shape index (κ2) is 7.11. The number of aromatic nitrogens is 1. The molecule has 1 saturated heterocycles. The van der Waals surface area contributed by atoms with Crippen molar-refractivity contribution in [2.45, 2.75) is 16.7 Å². The van der Waals surface area contributed by atoms with Crippen LogP contribution in [0.4, 0.5) is 5.69 Å². The zero-order valence-electron chi connectivity index (χ0n) is 14.9. The van der Waals surface area contributed by atoms with Gasteiger partial charge in [-0.05, 0) is 37.3 Å². The van der Waals surface area contributed by atoms with Gasteiger partial charge in [-0.15, -0.1) is 0 Å². The van der Waals surface area contributed by atoms with E-state index in [0.29, 0.717) is 42.5 Å². The van der Waals surface area contributed by atoms with Crippen LogP contribution in [0.15, 0.2) is 58.5 Å². The molecule has 7 heteroatoms. The highest BCUT2D eigenvalue weighted by molar-refractivity contribution is 7.91. The van der Waals surface area contributed by atoms with E-state index in [4.69, 9.17) is 16.3 Å². The monoisotopic (exact) mass is 402 g/mol. The number of benzene rings is 2. The molecule has 1 fully saturated rings. The molecule has 1 aromatic heterocycles. The second-order valence-electron chi connectivity index (χ2n) is 6.55. The Balaban J connectivity index is 1.96. The molecule has 140 valence electrons. The molecular weight excluding hydrogens is 384 g/mol. The van der Waals surface area contributed by atoms with E-state index in [1.54, 1.807) is 36.4 Å². The van der Waals surface area contributed by atoms with E-state index in [9.17, 15) is 8.42 Å². The zero-order chi connectivity index (χ0) is 19.0. The first-order chi connectivity index (χ1) is 13.0. The van der Waals surface area contributed by atoms with Crippen molar-refractivity contribution >= 4 is 38.0 Å². The van der Waals surface area contributed by atoms with Gasteiger partial charge < -0.3 is 9.64 Å². The Hall–Kier alpha value is -2.15. The number of anilines is 1. The Labute approximate surface area is 163 Å². The number of hydrogen-bond acceptors (Lipinski definition) is 5. The van der Waals surface area contributed by atoms with Crippen molar-refractivity contribution in [3.8, 4) is 0 Å². The van der Waals surface area contributed by atoms with E-state index in [2.05, 4.69) is 9.88 Å². The van der Waals surface area contributed by atoms with Crippen LogP contribution in [0.5, 0.6) is 0 Å². The van der Waals surface area contributed by atoms with Crippen LogP contribution in [-0.2, 0) is 14.6 Å². The highest BCUT2D eigenvalue weighted by Crippen LogP contribution is 2.37. The largest absolute Gasteiger partial charge is 0.378 e. The molecule has 0 N–H and O–H groups in total. The number of ether oxygens (including phenoxy) is 1. The van der Waals surface area contributed by atoms with Gasteiger partial charge >= 0.3 is 0 Å². The van der Waals surface area contributed by atoms with Gasteiger partial charge in [0.1, 0.15) is 4.90 Å². The fourth-order valence-electron chi connectivity index (χ4n) is 3.29. The van der Waals surface area contributed by atoms with Gasteiger partial charge in [0.15, 0.2) is 0 Å². The molecule has 0 saturated carbocycles. The summed E-state index contributed by atoms with van der Waals surface area (Å²) < 4.78 is 32.2. The van der Waals surface area contributed by atoms with Crippen LogP contribution in [0.3, 0.4) is 0 Å². The summed E-state index contributed by atoms with van der Waals surface area (Å²) >= 11 is 6.11. The fourth-order valence-corrected chi connectivity index (χ4v) is 4.89. The lowest BCUT2D eigenvalue weighted by Gasteiger charge is -2.31. The average molecular weight is 403 g/mol. The normalized spacial score (nSPS) is 15.3. The lowest BCUT2D eigenvalue weighted by atomic mass is 10.1. The van der Waals surface area contributed by atoms with E-state index >= 15 is 0 Å². The Kier molecular flexibility index (Phi) is 4.80. The van der Waals surface area contributed by atoms with Gasteiger partial charge in [0, 0.05) is 29.7 Å². The van der Waals surface area contributed by atoms with Crippen LogP contribution in [0.25, 0.3) is 10.9 Å². The molecule has 1 aliphatic heterocycles. The van der Waals surface area contributed by atoms with Gasteiger partial charge in [0.25, 0.3) is 0 Å². The summed E-state index contributed by atoms with van der Waals surface area (Å²) in [5.41, 5.74) is 2.35. The summed E-state index contributed by atoms with van der Waals surface area (Å²) in [6.45, 7) is 4.29. The first-order valence-corrected chi connectivity index (χ1v) is 10.6. The van der Waals surface area contributed by atoms with E-state index in [1.165, 1.54) is 6.20 Å². The van der Waals surface area contributed by atoms with Crippen molar-refractivity contribution < 1.29 is 13.2 Å². The van der Waals surface area contributed by atoms with Crippen LogP contribution in [0.2, 0.25) is 5.02 Å². The number of sulfone groups is 1. The van der Waals surface area contributed by atoms with E-state index in [-0.39, 0.29) is 9.79 Å². The number of halogens is 1. The van der Waals surface area contributed by atoms with Gasteiger partial charge in [0.05, 0.1) is 29.3 Å². The van der Waals surface area contributed by atoms with Crippen LogP contribution in [0, 0.1) is 6.92 Å². The minimum atomic E-state index is -3.72. The zero-order valence-corrected chi connectivity index (χ0v) is 16.4. The van der Waals surface area contributed by atoms with Crippen molar-refractivity contribution in [1.29, 1.82) is 0 Å². The summed E-state index contributed by atoms with van der Waals surface area (Å²) in [5.74, 6) is 0. The highest BCUT2D eigenvalue weighted by Gasteiger charge is 2.27. The SMILES string of the molecule is Cc1ccc(S(=O)(=O)c2cnc3cc(Cl)ccc3c2N2CCOCC2)cc1. The lowest BCUT2D eigenvalue weighted by Crippen LogP contribution is -2.37. The van der Waals surface area contributed by atoms with E-state index in [1.807, 2.05) is 13.0 Å². The molecule has 5 nitrogen and oxygen atoms in total. The predicted octanol–water partition coefficient (Wildman–Crippen LogP) is 3.87. The maximum Gasteiger partial charge on any atom is 0.210 e. The quantitative estimate of drug-likeness (QED) is 0.665.